The van der Waals surface area contributed by atoms with Crippen LogP contribution in [0.1, 0.15) is 92.8 Å². The number of imidazole rings is 1. The molecule has 3 aliphatic rings. The number of fused-ring (bicyclic) bond motifs is 11. The molecule has 1 saturated carbocycles. The van der Waals surface area contributed by atoms with Crippen molar-refractivity contribution in [1.82, 2.24) is 14.4 Å². The first-order valence-corrected chi connectivity index (χ1v) is 11.8. The van der Waals surface area contributed by atoms with Crippen molar-refractivity contribution >= 4 is 27.6 Å². The summed E-state index contributed by atoms with van der Waals surface area (Å²) in [6.45, 7) is 6.83. The lowest BCUT2D eigenvalue weighted by atomic mass is 9.90. The van der Waals surface area contributed by atoms with Gasteiger partial charge in [0.15, 0.2) is 0 Å². The predicted octanol–water partition coefficient (Wildman–Crippen LogP) is 6.58. The lowest BCUT2D eigenvalue weighted by molar-refractivity contribution is 0.542. The van der Waals surface area contributed by atoms with Gasteiger partial charge >= 0.3 is 0 Å². The molecule has 3 aliphatic carbocycles. The Labute approximate surface area is 177 Å². The molecule has 1 fully saturated rings. The molecule has 2 heterocycles. The molecule has 30 heavy (non-hydrogen) atoms. The third kappa shape index (κ3) is 2.21. The SMILES string of the molecule is CC(C)(C)c1nc2cc3c(cc2c2nc4cc5c(cc4n12)CCCC5)C1CCC3C1. The van der Waals surface area contributed by atoms with Crippen LogP contribution >= 0.6 is 0 Å². The van der Waals surface area contributed by atoms with Crippen LogP contribution in [-0.2, 0) is 18.3 Å². The summed E-state index contributed by atoms with van der Waals surface area (Å²) < 4.78 is 2.38. The van der Waals surface area contributed by atoms with Gasteiger partial charge in [-0.3, -0.25) is 4.40 Å². The zero-order valence-electron chi connectivity index (χ0n) is 18.3. The van der Waals surface area contributed by atoms with Crippen molar-refractivity contribution in [1.29, 1.82) is 0 Å². The Morgan fingerprint density at radius 2 is 1.53 bits per heavy atom. The normalized spacial score (nSPS) is 22.9. The van der Waals surface area contributed by atoms with Gasteiger partial charge in [-0.2, -0.15) is 0 Å². The van der Waals surface area contributed by atoms with Crippen molar-refractivity contribution in [3.05, 3.63) is 52.3 Å². The molecule has 0 N–H and O–H groups in total. The van der Waals surface area contributed by atoms with E-state index in [0.29, 0.717) is 0 Å². The minimum atomic E-state index is -0.0476. The lowest BCUT2D eigenvalue weighted by Gasteiger charge is -2.22. The van der Waals surface area contributed by atoms with Crippen LogP contribution in [0.25, 0.3) is 27.6 Å². The molecule has 0 aliphatic heterocycles. The molecule has 2 unspecified atom stereocenters. The fraction of sp³-hybridized carbons (Fsp3) is 0.481. The zero-order valence-corrected chi connectivity index (χ0v) is 18.3. The quantitative estimate of drug-likeness (QED) is 0.337. The molecule has 2 atom stereocenters. The number of aromatic nitrogens is 3. The van der Waals surface area contributed by atoms with E-state index in [-0.39, 0.29) is 5.41 Å². The third-order valence-electron chi connectivity index (χ3n) is 7.98. The highest BCUT2D eigenvalue weighted by Crippen LogP contribution is 2.54. The molecule has 2 aromatic carbocycles. The van der Waals surface area contributed by atoms with Crippen LogP contribution in [0.2, 0.25) is 0 Å². The first-order chi connectivity index (χ1) is 14.5. The van der Waals surface area contributed by atoms with Gasteiger partial charge in [-0.25, -0.2) is 9.97 Å². The topological polar surface area (TPSA) is 30.2 Å². The summed E-state index contributed by atoms with van der Waals surface area (Å²) in [5.74, 6) is 2.65. The molecule has 0 spiro atoms. The van der Waals surface area contributed by atoms with Crippen LogP contribution < -0.4 is 0 Å². The molecule has 0 amide bonds. The van der Waals surface area contributed by atoms with E-state index in [9.17, 15) is 0 Å². The molecule has 0 saturated heterocycles. The smallest absolute Gasteiger partial charge is 0.148 e. The summed E-state index contributed by atoms with van der Waals surface area (Å²) in [5, 5.41) is 1.24. The van der Waals surface area contributed by atoms with E-state index < -0.39 is 0 Å². The minimum Gasteiger partial charge on any atom is -0.279 e. The predicted molar refractivity (Wildman–Crippen MR) is 123 cm³/mol. The van der Waals surface area contributed by atoms with Gasteiger partial charge in [0.1, 0.15) is 11.5 Å². The van der Waals surface area contributed by atoms with Crippen LogP contribution in [0.3, 0.4) is 0 Å². The number of hydrogen-bond acceptors (Lipinski definition) is 2. The second-order valence-electron chi connectivity index (χ2n) is 11.0. The molecule has 0 radical (unpaired) electrons. The van der Waals surface area contributed by atoms with Gasteiger partial charge in [0.05, 0.1) is 16.6 Å². The zero-order chi connectivity index (χ0) is 20.2. The molecule has 3 heteroatoms. The van der Waals surface area contributed by atoms with Gasteiger partial charge in [0, 0.05) is 10.8 Å². The van der Waals surface area contributed by atoms with Gasteiger partial charge in [-0.1, -0.05) is 20.8 Å². The Bertz CT molecular complexity index is 1370. The van der Waals surface area contributed by atoms with E-state index in [4.69, 9.17) is 9.97 Å². The maximum atomic E-state index is 5.29. The fourth-order valence-corrected chi connectivity index (χ4v) is 6.52. The van der Waals surface area contributed by atoms with Gasteiger partial charge < -0.3 is 0 Å². The van der Waals surface area contributed by atoms with Crippen molar-refractivity contribution in [3.63, 3.8) is 0 Å². The van der Waals surface area contributed by atoms with Gasteiger partial charge in [-0.15, -0.1) is 0 Å². The average molecular weight is 396 g/mol. The molecule has 152 valence electrons. The Kier molecular flexibility index (Phi) is 3.24. The van der Waals surface area contributed by atoms with Crippen LogP contribution in [0.4, 0.5) is 0 Å². The van der Waals surface area contributed by atoms with Crippen LogP contribution in [0.5, 0.6) is 0 Å². The highest BCUT2D eigenvalue weighted by atomic mass is 15.1. The van der Waals surface area contributed by atoms with Crippen LogP contribution in [-0.4, -0.2) is 14.4 Å². The standard InChI is InChI=1S/C27H29N3/c1-27(2,3)26-29-22-14-20-18-9-8-17(10-18)19(20)13-21(22)25-28-23-11-15-6-4-5-7-16(15)12-24(23)30(25)26/h11-14,17-18H,4-10H2,1-3H3. The summed E-state index contributed by atoms with van der Waals surface area (Å²) >= 11 is 0. The van der Waals surface area contributed by atoms with Crippen molar-refractivity contribution in [2.75, 3.05) is 0 Å². The maximum Gasteiger partial charge on any atom is 0.148 e. The monoisotopic (exact) mass is 395 g/mol. The first kappa shape index (κ1) is 17.3. The number of benzene rings is 2. The Morgan fingerprint density at radius 1 is 0.833 bits per heavy atom. The molecule has 2 aromatic heterocycles. The van der Waals surface area contributed by atoms with E-state index in [1.54, 1.807) is 11.1 Å². The Morgan fingerprint density at radius 3 is 2.27 bits per heavy atom. The number of hydrogen-bond donors (Lipinski definition) is 0. The summed E-state index contributed by atoms with van der Waals surface area (Å²) in [6.07, 6.45) is 9.06. The van der Waals surface area contributed by atoms with Crippen molar-refractivity contribution in [2.45, 2.75) is 83.0 Å². The number of rotatable bonds is 0. The van der Waals surface area contributed by atoms with Crippen molar-refractivity contribution < 1.29 is 0 Å². The lowest BCUT2D eigenvalue weighted by Crippen LogP contribution is -2.19. The maximum absolute atomic E-state index is 5.29. The molecule has 3 nitrogen and oxygen atoms in total. The van der Waals surface area contributed by atoms with Gasteiger partial charge in [0.2, 0.25) is 0 Å². The number of aryl methyl sites for hydroxylation is 2. The molecular formula is C27H29N3. The summed E-state index contributed by atoms with van der Waals surface area (Å²) in [7, 11) is 0. The minimum absolute atomic E-state index is 0.0476. The third-order valence-corrected chi connectivity index (χ3v) is 7.98. The van der Waals surface area contributed by atoms with Crippen LogP contribution in [0.15, 0.2) is 24.3 Å². The summed E-state index contributed by atoms with van der Waals surface area (Å²) in [4.78, 5) is 10.5. The second-order valence-corrected chi connectivity index (χ2v) is 11.0. The van der Waals surface area contributed by atoms with Gasteiger partial charge in [-0.05, 0) is 103 Å². The largest absolute Gasteiger partial charge is 0.279 e. The fourth-order valence-electron chi connectivity index (χ4n) is 6.52. The average Bonchev–Trinajstić information content (AvgIpc) is 3.43. The first-order valence-electron chi connectivity index (χ1n) is 11.8. The van der Waals surface area contributed by atoms with Crippen molar-refractivity contribution in [2.24, 2.45) is 0 Å². The molecule has 2 bridgehead atoms. The Hall–Kier alpha value is -2.42. The summed E-state index contributed by atoms with van der Waals surface area (Å²) in [5.41, 5.74) is 10.7. The molecule has 7 rings (SSSR count). The Balaban J connectivity index is 1.63. The molecule has 4 aromatic rings. The van der Waals surface area contributed by atoms with E-state index in [2.05, 4.69) is 49.4 Å². The highest BCUT2D eigenvalue weighted by molar-refractivity contribution is 5.98. The van der Waals surface area contributed by atoms with Gasteiger partial charge in [0.25, 0.3) is 0 Å². The van der Waals surface area contributed by atoms with E-state index in [1.165, 1.54) is 67.0 Å². The van der Waals surface area contributed by atoms with Crippen LogP contribution in [0, 0.1) is 0 Å². The van der Waals surface area contributed by atoms with E-state index in [1.807, 2.05) is 0 Å². The summed E-state index contributed by atoms with van der Waals surface area (Å²) in [6, 6.07) is 9.65. The second kappa shape index (κ2) is 5.63. The highest BCUT2D eigenvalue weighted by Gasteiger charge is 2.37. The number of nitrogens with zero attached hydrogens (tertiary/aromatic N) is 3. The molecular weight excluding hydrogens is 366 g/mol. The van der Waals surface area contributed by atoms with E-state index in [0.717, 1.165) is 34.3 Å². The van der Waals surface area contributed by atoms with E-state index >= 15 is 0 Å². The van der Waals surface area contributed by atoms with Crippen molar-refractivity contribution in [3.8, 4) is 0 Å².